The fourth-order valence-corrected chi connectivity index (χ4v) is 1.42. The van der Waals surface area contributed by atoms with Crippen molar-refractivity contribution in [2.45, 2.75) is 6.54 Å². The van der Waals surface area contributed by atoms with Crippen molar-refractivity contribution in [3.63, 3.8) is 0 Å². The molecule has 6 nitrogen and oxygen atoms in total. The van der Waals surface area contributed by atoms with Crippen LogP contribution in [0, 0.1) is 0 Å². The minimum absolute atomic E-state index is 0.290. The summed E-state index contributed by atoms with van der Waals surface area (Å²) in [7, 11) is 1.81. The predicted octanol–water partition coefficient (Wildman–Crippen LogP) is 0.0384. The molecule has 2 aromatic rings. The first-order valence-corrected chi connectivity index (χ1v) is 5.10. The van der Waals surface area contributed by atoms with Crippen LogP contribution in [0.1, 0.15) is 16.1 Å². The van der Waals surface area contributed by atoms with E-state index in [-0.39, 0.29) is 11.5 Å². The third kappa shape index (κ3) is 2.81. The van der Waals surface area contributed by atoms with Gasteiger partial charge in [0.25, 0.3) is 5.91 Å². The average molecular weight is 232 g/mol. The summed E-state index contributed by atoms with van der Waals surface area (Å²) in [6.07, 6.45) is 3.24. The summed E-state index contributed by atoms with van der Waals surface area (Å²) < 4.78 is 1.66. The third-order valence-corrected chi connectivity index (χ3v) is 2.24. The van der Waals surface area contributed by atoms with E-state index in [9.17, 15) is 9.59 Å². The lowest BCUT2D eigenvalue weighted by Crippen LogP contribution is -2.24. The second kappa shape index (κ2) is 4.65. The highest BCUT2D eigenvalue weighted by Gasteiger charge is 2.06. The molecule has 88 valence electrons. The minimum atomic E-state index is -0.296. The maximum Gasteiger partial charge on any atom is 0.251 e. The molecule has 0 atom stereocenters. The van der Waals surface area contributed by atoms with E-state index in [1.54, 1.807) is 16.9 Å². The fraction of sp³-hybridized carbons (Fsp3) is 0.182. The van der Waals surface area contributed by atoms with Crippen molar-refractivity contribution < 1.29 is 4.79 Å². The van der Waals surface area contributed by atoms with Gasteiger partial charge in [0.15, 0.2) is 0 Å². The molecule has 2 aromatic heterocycles. The van der Waals surface area contributed by atoms with Gasteiger partial charge in [0, 0.05) is 31.1 Å². The molecule has 6 heteroatoms. The Kier molecular flexibility index (Phi) is 3.04. The van der Waals surface area contributed by atoms with Gasteiger partial charge in [-0.3, -0.25) is 14.3 Å². The van der Waals surface area contributed by atoms with Crippen molar-refractivity contribution >= 4 is 5.91 Å². The van der Waals surface area contributed by atoms with Gasteiger partial charge in [-0.15, -0.1) is 0 Å². The lowest BCUT2D eigenvalue weighted by molar-refractivity contribution is 0.0950. The van der Waals surface area contributed by atoms with Crippen LogP contribution in [0.5, 0.6) is 0 Å². The van der Waals surface area contributed by atoms with Gasteiger partial charge < -0.3 is 10.3 Å². The van der Waals surface area contributed by atoms with E-state index >= 15 is 0 Å². The zero-order chi connectivity index (χ0) is 12.3. The number of carbonyl (C=O) groups excluding carboxylic acids is 1. The van der Waals surface area contributed by atoms with Gasteiger partial charge in [-0.2, -0.15) is 5.10 Å². The Bertz CT molecular complexity index is 585. The van der Waals surface area contributed by atoms with Crippen LogP contribution < -0.4 is 10.9 Å². The summed E-state index contributed by atoms with van der Waals surface area (Å²) in [6.45, 7) is 0.340. The van der Waals surface area contributed by atoms with Crippen LogP contribution >= 0.6 is 0 Å². The lowest BCUT2D eigenvalue weighted by atomic mass is 10.2. The van der Waals surface area contributed by atoms with Gasteiger partial charge >= 0.3 is 0 Å². The van der Waals surface area contributed by atoms with Crippen molar-refractivity contribution in [3.05, 3.63) is 52.2 Å². The molecule has 1 amide bonds. The molecule has 0 spiro atoms. The summed E-state index contributed by atoms with van der Waals surface area (Å²) in [6, 6.07) is 4.63. The molecule has 0 aromatic carbocycles. The largest absolute Gasteiger partial charge is 0.346 e. The molecule has 2 N–H and O–H groups in total. The highest BCUT2D eigenvalue weighted by Crippen LogP contribution is 1.96. The number of amides is 1. The smallest absolute Gasteiger partial charge is 0.251 e. The molecule has 0 aliphatic carbocycles. The molecule has 0 saturated heterocycles. The van der Waals surface area contributed by atoms with E-state index in [4.69, 9.17) is 0 Å². The van der Waals surface area contributed by atoms with E-state index in [0.29, 0.717) is 12.1 Å². The van der Waals surface area contributed by atoms with Gasteiger partial charge in [-0.25, -0.2) is 0 Å². The van der Waals surface area contributed by atoms with Gasteiger partial charge in [0.1, 0.15) is 0 Å². The summed E-state index contributed by atoms with van der Waals surface area (Å²) in [5.74, 6) is -0.290. The molecule has 17 heavy (non-hydrogen) atoms. The Balaban J connectivity index is 2.00. The molecule has 0 saturated carbocycles. The zero-order valence-electron chi connectivity index (χ0n) is 9.30. The first-order chi connectivity index (χ1) is 8.15. The van der Waals surface area contributed by atoms with Gasteiger partial charge in [-0.1, -0.05) is 0 Å². The normalized spacial score (nSPS) is 10.2. The van der Waals surface area contributed by atoms with Crippen LogP contribution in [0.2, 0.25) is 0 Å². The Labute approximate surface area is 97.3 Å². The highest BCUT2D eigenvalue weighted by molar-refractivity contribution is 5.93. The Morgan fingerprint density at radius 1 is 1.53 bits per heavy atom. The number of H-pyrrole nitrogens is 1. The molecule has 0 unspecified atom stereocenters. The van der Waals surface area contributed by atoms with E-state index in [0.717, 1.165) is 5.69 Å². The number of rotatable bonds is 3. The molecule has 2 heterocycles. The molecule has 0 bridgehead atoms. The average Bonchev–Trinajstić information content (AvgIpc) is 2.72. The van der Waals surface area contributed by atoms with Gasteiger partial charge in [-0.05, 0) is 12.1 Å². The number of pyridine rings is 1. The van der Waals surface area contributed by atoms with Crippen molar-refractivity contribution in [2.24, 2.45) is 7.05 Å². The van der Waals surface area contributed by atoms with E-state index in [2.05, 4.69) is 15.4 Å². The maximum absolute atomic E-state index is 11.7. The molecular weight excluding hydrogens is 220 g/mol. The number of nitrogens with zero attached hydrogens (tertiary/aromatic N) is 2. The van der Waals surface area contributed by atoms with E-state index < -0.39 is 0 Å². The minimum Gasteiger partial charge on any atom is -0.346 e. The second-order valence-corrected chi connectivity index (χ2v) is 3.61. The summed E-state index contributed by atoms with van der Waals surface area (Å²) in [5, 5.41) is 6.82. The molecule has 0 aliphatic heterocycles. The number of nitrogens with one attached hydrogen (secondary N) is 2. The van der Waals surface area contributed by atoms with Crippen LogP contribution in [0.15, 0.2) is 35.4 Å². The molecule has 0 aliphatic rings. The summed E-state index contributed by atoms with van der Waals surface area (Å²) in [5.41, 5.74) is 0.811. The Morgan fingerprint density at radius 3 is 3.00 bits per heavy atom. The van der Waals surface area contributed by atoms with Crippen molar-refractivity contribution in [3.8, 4) is 0 Å². The van der Waals surface area contributed by atoms with Gasteiger partial charge in [0.2, 0.25) is 5.56 Å². The Hall–Kier alpha value is -2.37. The topological polar surface area (TPSA) is 79.8 Å². The lowest BCUT2D eigenvalue weighted by Gasteiger charge is -2.02. The quantitative estimate of drug-likeness (QED) is 0.784. The number of hydrogen-bond acceptors (Lipinski definition) is 3. The number of aromatic amines is 1. The van der Waals surface area contributed by atoms with Crippen LogP contribution in [-0.2, 0) is 13.6 Å². The van der Waals surface area contributed by atoms with Crippen LogP contribution in [-0.4, -0.2) is 20.7 Å². The third-order valence-electron chi connectivity index (χ3n) is 2.24. The number of carbonyl (C=O) groups is 1. The standard InChI is InChI=1S/C11H12N4O2/c1-15-5-3-9(14-15)7-13-11(17)8-2-4-12-10(16)6-8/h2-6H,7H2,1H3,(H,12,16)(H,13,17). The fourth-order valence-electron chi connectivity index (χ4n) is 1.42. The summed E-state index contributed by atoms with van der Waals surface area (Å²) in [4.78, 5) is 25.2. The first kappa shape index (κ1) is 11.1. The van der Waals surface area contributed by atoms with E-state index in [1.165, 1.54) is 12.3 Å². The number of aryl methyl sites for hydroxylation is 1. The van der Waals surface area contributed by atoms with Crippen LogP contribution in [0.3, 0.4) is 0 Å². The van der Waals surface area contributed by atoms with Crippen LogP contribution in [0.4, 0.5) is 0 Å². The number of hydrogen-bond donors (Lipinski definition) is 2. The summed E-state index contributed by atoms with van der Waals surface area (Å²) >= 11 is 0. The zero-order valence-corrected chi connectivity index (χ0v) is 9.30. The predicted molar refractivity (Wildman–Crippen MR) is 61.4 cm³/mol. The molecular formula is C11H12N4O2. The van der Waals surface area contributed by atoms with Crippen molar-refractivity contribution in [1.29, 1.82) is 0 Å². The maximum atomic E-state index is 11.7. The van der Waals surface area contributed by atoms with Crippen LogP contribution in [0.25, 0.3) is 0 Å². The van der Waals surface area contributed by atoms with Crippen molar-refractivity contribution in [1.82, 2.24) is 20.1 Å². The first-order valence-electron chi connectivity index (χ1n) is 5.10. The van der Waals surface area contributed by atoms with Gasteiger partial charge in [0.05, 0.1) is 12.2 Å². The SMILES string of the molecule is Cn1ccc(CNC(=O)c2cc[nH]c(=O)c2)n1. The molecule has 0 radical (unpaired) electrons. The van der Waals surface area contributed by atoms with Crippen molar-refractivity contribution in [2.75, 3.05) is 0 Å². The molecule has 0 fully saturated rings. The molecule has 2 rings (SSSR count). The Morgan fingerprint density at radius 2 is 2.35 bits per heavy atom. The second-order valence-electron chi connectivity index (χ2n) is 3.61. The van der Waals surface area contributed by atoms with E-state index in [1.807, 2.05) is 13.1 Å². The number of aromatic nitrogens is 3. The monoisotopic (exact) mass is 232 g/mol. The highest BCUT2D eigenvalue weighted by atomic mass is 16.2.